The van der Waals surface area contributed by atoms with Crippen molar-refractivity contribution in [3.8, 4) is 5.75 Å². The third-order valence-electron chi connectivity index (χ3n) is 2.03. The average Bonchev–Trinajstić information content (AvgIpc) is 2.36. The first-order valence-electron chi connectivity index (χ1n) is 5.72. The number of benzene rings is 1. The van der Waals surface area contributed by atoms with Crippen molar-refractivity contribution in [1.82, 2.24) is 0 Å². The summed E-state index contributed by atoms with van der Waals surface area (Å²) in [5.41, 5.74) is 5.58. The molecule has 0 unspecified atom stereocenters. The van der Waals surface area contributed by atoms with Crippen LogP contribution in [0.2, 0.25) is 0 Å². The van der Waals surface area contributed by atoms with Crippen LogP contribution in [0.15, 0.2) is 24.3 Å². The van der Waals surface area contributed by atoms with Crippen LogP contribution in [-0.2, 0) is 9.53 Å². The van der Waals surface area contributed by atoms with Crippen LogP contribution in [0.25, 0.3) is 0 Å². The molecular weight excluding hydrogens is 309 g/mol. The van der Waals surface area contributed by atoms with Crippen LogP contribution < -0.4 is 15.8 Å². The van der Waals surface area contributed by atoms with Crippen molar-refractivity contribution in [1.29, 1.82) is 0 Å². The van der Waals surface area contributed by atoms with Crippen molar-refractivity contribution in [2.45, 2.75) is 6.18 Å². The van der Waals surface area contributed by atoms with E-state index in [1.54, 1.807) is 18.2 Å². The number of rotatable bonds is 7. The molecule has 1 aromatic rings. The van der Waals surface area contributed by atoms with Crippen molar-refractivity contribution in [2.75, 3.05) is 25.1 Å². The summed E-state index contributed by atoms with van der Waals surface area (Å²) in [4.78, 5) is 11.6. The molecule has 1 amide bonds. The van der Waals surface area contributed by atoms with Gasteiger partial charge in [0.2, 0.25) is 5.91 Å². The van der Waals surface area contributed by atoms with E-state index < -0.39 is 25.3 Å². The molecule has 1 aromatic carbocycles. The molecule has 9 heteroatoms. The summed E-state index contributed by atoms with van der Waals surface area (Å²) in [7, 11) is 0. The number of para-hydroxylation sites is 2. The standard InChI is InChI=1S/C12H13F3N2O3S/c13-12(14,15)7-19-6-11(18)17-8-3-1-2-4-9(8)20-5-10(16)21/h1-4H,5-7H2,(H2,16,21)(H,17,18). The molecule has 0 aliphatic heterocycles. The van der Waals surface area contributed by atoms with Crippen LogP contribution in [-0.4, -0.2) is 36.9 Å². The summed E-state index contributed by atoms with van der Waals surface area (Å²) in [5, 5.41) is 2.38. The quantitative estimate of drug-likeness (QED) is 0.750. The smallest absolute Gasteiger partial charge is 0.411 e. The SMILES string of the molecule is NC(=S)COc1ccccc1NC(=O)COCC(F)(F)F. The highest BCUT2D eigenvalue weighted by Gasteiger charge is 2.27. The third kappa shape index (κ3) is 7.47. The van der Waals surface area contributed by atoms with Gasteiger partial charge >= 0.3 is 6.18 Å². The van der Waals surface area contributed by atoms with Crippen molar-refractivity contribution in [3.63, 3.8) is 0 Å². The maximum Gasteiger partial charge on any atom is 0.411 e. The monoisotopic (exact) mass is 322 g/mol. The molecule has 3 N–H and O–H groups in total. The molecule has 0 spiro atoms. The zero-order chi connectivity index (χ0) is 15.9. The van der Waals surface area contributed by atoms with Gasteiger partial charge in [-0.2, -0.15) is 13.2 Å². The number of ether oxygens (including phenoxy) is 2. The molecule has 0 atom stereocenters. The van der Waals surface area contributed by atoms with Gasteiger partial charge in [-0.1, -0.05) is 24.4 Å². The fourth-order valence-corrected chi connectivity index (χ4v) is 1.35. The molecule has 0 saturated heterocycles. The predicted octanol–water partition coefficient (Wildman–Crippen LogP) is 1.87. The average molecular weight is 322 g/mol. The normalized spacial score (nSPS) is 11.0. The highest BCUT2D eigenvalue weighted by atomic mass is 32.1. The van der Waals surface area contributed by atoms with Crippen LogP contribution in [0.1, 0.15) is 0 Å². The van der Waals surface area contributed by atoms with Gasteiger partial charge in [-0.3, -0.25) is 4.79 Å². The van der Waals surface area contributed by atoms with Gasteiger partial charge in [-0.15, -0.1) is 0 Å². The van der Waals surface area contributed by atoms with Gasteiger partial charge < -0.3 is 20.5 Å². The lowest BCUT2D eigenvalue weighted by Gasteiger charge is -2.12. The van der Waals surface area contributed by atoms with E-state index in [-0.39, 0.29) is 17.3 Å². The summed E-state index contributed by atoms with van der Waals surface area (Å²) in [6.07, 6.45) is -4.47. The molecule has 0 aromatic heterocycles. The number of alkyl halides is 3. The van der Waals surface area contributed by atoms with E-state index in [1.807, 2.05) is 0 Å². The Kier molecular flexibility index (Phi) is 6.38. The van der Waals surface area contributed by atoms with Crippen LogP contribution in [0.4, 0.5) is 18.9 Å². The second-order valence-electron chi connectivity index (χ2n) is 3.91. The van der Waals surface area contributed by atoms with Gasteiger partial charge in [0.15, 0.2) is 0 Å². The Bertz CT molecular complexity index is 509. The lowest BCUT2D eigenvalue weighted by Crippen LogP contribution is -2.24. The molecule has 0 fully saturated rings. The molecule has 0 radical (unpaired) electrons. The lowest BCUT2D eigenvalue weighted by atomic mass is 10.3. The first kappa shape index (κ1) is 17.2. The number of nitrogens with one attached hydrogen (secondary N) is 1. The molecule has 116 valence electrons. The minimum atomic E-state index is -4.47. The number of nitrogens with two attached hydrogens (primary N) is 1. The number of carbonyl (C=O) groups excluding carboxylic acids is 1. The number of thiocarbonyl (C=S) groups is 1. The zero-order valence-electron chi connectivity index (χ0n) is 10.8. The fraction of sp³-hybridized carbons (Fsp3) is 0.333. The van der Waals surface area contributed by atoms with Gasteiger partial charge in [0.25, 0.3) is 0 Å². The topological polar surface area (TPSA) is 73.6 Å². The van der Waals surface area contributed by atoms with E-state index in [4.69, 9.17) is 10.5 Å². The van der Waals surface area contributed by atoms with E-state index in [0.29, 0.717) is 5.75 Å². The molecule has 0 heterocycles. The molecule has 0 saturated carbocycles. The molecule has 21 heavy (non-hydrogen) atoms. The van der Waals surface area contributed by atoms with E-state index in [1.165, 1.54) is 6.07 Å². The Hall–Kier alpha value is -1.87. The van der Waals surface area contributed by atoms with Gasteiger partial charge in [0.05, 0.1) is 5.69 Å². The lowest BCUT2D eigenvalue weighted by molar-refractivity contribution is -0.174. The van der Waals surface area contributed by atoms with Gasteiger partial charge in [0.1, 0.15) is 30.6 Å². The summed E-state index contributed by atoms with van der Waals surface area (Å²) in [6.45, 7) is -2.23. The number of anilines is 1. The van der Waals surface area contributed by atoms with Gasteiger partial charge in [-0.05, 0) is 12.1 Å². The summed E-state index contributed by atoms with van der Waals surface area (Å²) in [6, 6.07) is 6.37. The Morgan fingerprint density at radius 1 is 1.29 bits per heavy atom. The first-order chi connectivity index (χ1) is 9.78. The third-order valence-corrected chi connectivity index (χ3v) is 2.15. The Labute approximate surface area is 124 Å². The molecule has 0 aliphatic rings. The number of halogens is 3. The Morgan fingerprint density at radius 2 is 1.95 bits per heavy atom. The minimum Gasteiger partial charge on any atom is -0.484 e. The van der Waals surface area contributed by atoms with Gasteiger partial charge in [-0.25, -0.2) is 0 Å². The van der Waals surface area contributed by atoms with Crippen molar-refractivity contribution >= 4 is 28.8 Å². The van der Waals surface area contributed by atoms with Crippen molar-refractivity contribution in [3.05, 3.63) is 24.3 Å². The summed E-state index contributed by atoms with van der Waals surface area (Å²) >= 11 is 4.66. The van der Waals surface area contributed by atoms with Crippen LogP contribution in [0.3, 0.4) is 0 Å². The molecule has 0 bridgehead atoms. The van der Waals surface area contributed by atoms with Crippen molar-refractivity contribution < 1.29 is 27.4 Å². The zero-order valence-corrected chi connectivity index (χ0v) is 11.6. The van der Waals surface area contributed by atoms with E-state index in [9.17, 15) is 18.0 Å². The Balaban J connectivity index is 2.53. The van der Waals surface area contributed by atoms with E-state index >= 15 is 0 Å². The Morgan fingerprint density at radius 3 is 2.57 bits per heavy atom. The van der Waals surface area contributed by atoms with Crippen LogP contribution >= 0.6 is 12.2 Å². The van der Waals surface area contributed by atoms with Crippen molar-refractivity contribution in [2.24, 2.45) is 5.73 Å². The molecule has 0 aliphatic carbocycles. The number of hydrogen-bond donors (Lipinski definition) is 2. The second kappa shape index (κ2) is 7.79. The van der Waals surface area contributed by atoms with E-state index in [2.05, 4.69) is 22.3 Å². The maximum absolute atomic E-state index is 11.9. The summed E-state index contributed by atoms with van der Waals surface area (Å²) in [5.74, 6) is -0.430. The molecule has 5 nitrogen and oxygen atoms in total. The van der Waals surface area contributed by atoms with Crippen LogP contribution in [0.5, 0.6) is 5.75 Å². The highest BCUT2D eigenvalue weighted by molar-refractivity contribution is 7.80. The summed E-state index contributed by atoms with van der Waals surface area (Å²) < 4.78 is 45.1. The number of amides is 1. The minimum absolute atomic E-state index is 0.0210. The molecular formula is C12H13F3N2O3S. The van der Waals surface area contributed by atoms with Crippen LogP contribution in [0, 0.1) is 0 Å². The van der Waals surface area contributed by atoms with Gasteiger partial charge in [0, 0.05) is 0 Å². The maximum atomic E-state index is 11.9. The predicted molar refractivity (Wildman–Crippen MR) is 74.2 cm³/mol. The number of hydrogen-bond acceptors (Lipinski definition) is 4. The largest absolute Gasteiger partial charge is 0.484 e. The second-order valence-corrected chi connectivity index (χ2v) is 4.43. The fourth-order valence-electron chi connectivity index (χ4n) is 1.29. The highest BCUT2D eigenvalue weighted by Crippen LogP contribution is 2.23. The molecule has 1 rings (SSSR count). The first-order valence-corrected chi connectivity index (χ1v) is 6.13. The van der Waals surface area contributed by atoms with E-state index in [0.717, 1.165) is 0 Å². The number of carbonyl (C=O) groups is 1.